The van der Waals surface area contributed by atoms with Crippen molar-refractivity contribution in [3.63, 3.8) is 0 Å². The molecule has 0 radical (unpaired) electrons. The molecule has 1 aliphatic heterocycles. The van der Waals surface area contributed by atoms with Gasteiger partial charge in [-0.2, -0.15) is 5.10 Å². The van der Waals surface area contributed by atoms with E-state index < -0.39 is 0 Å². The highest BCUT2D eigenvalue weighted by Gasteiger charge is 2.29. The van der Waals surface area contributed by atoms with Crippen molar-refractivity contribution >= 4 is 5.91 Å². The molecule has 1 amide bonds. The second-order valence-corrected chi connectivity index (χ2v) is 4.56. The number of aromatic nitrogens is 2. The molecule has 0 aliphatic carbocycles. The zero-order chi connectivity index (χ0) is 12.4. The van der Waals surface area contributed by atoms with Crippen LogP contribution in [0.5, 0.6) is 0 Å². The highest BCUT2D eigenvalue weighted by Crippen LogP contribution is 2.14. The SMILES string of the molecule is Cc1[nH]ncc1C(=O)N1CCN(C)CC1CN. The van der Waals surface area contributed by atoms with Crippen molar-refractivity contribution in [1.82, 2.24) is 20.0 Å². The first kappa shape index (κ1) is 12.1. The summed E-state index contributed by atoms with van der Waals surface area (Å²) in [6.07, 6.45) is 1.59. The topological polar surface area (TPSA) is 78.2 Å². The van der Waals surface area contributed by atoms with Crippen LogP contribution in [0.15, 0.2) is 6.20 Å². The van der Waals surface area contributed by atoms with Gasteiger partial charge in [-0.15, -0.1) is 0 Å². The Morgan fingerprint density at radius 1 is 1.65 bits per heavy atom. The van der Waals surface area contributed by atoms with Gasteiger partial charge in [0.15, 0.2) is 0 Å². The second kappa shape index (κ2) is 4.85. The summed E-state index contributed by atoms with van der Waals surface area (Å²) >= 11 is 0. The lowest BCUT2D eigenvalue weighted by atomic mass is 10.1. The fraction of sp³-hybridized carbons (Fsp3) is 0.636. The normalized spacial score (nSPS) is 21.8. The van der Waals surface area contributed by atoms with Crippen molar-refractivity contribution in [2.45, 2.75) is 13.0 Å². The standard InChI is InChI=1S/C11H19N5O/c1-8-10(6-13-14-8)11(17)16-4-3-15(2)7-9(16)5-12/h6,9H,3-5,7,12H2,1-2H3,(H,13,14). The summed E-state index contributed by atoms with van der Waals surface area (Å²) in [6.45, 7) is 4.79. The molecule has 1 aromatic heterocycles. The fourth-order valence-corrected chi connectivity index (χ4v) is 2.20. The zero-order valence-corrected chi connectivity index (χ0v) is 10.3. The van der Waals surface area contributed by atoms with Crippen molar-refractivity contribution < 1.29 is 4.79 Å². The molecule has 0 aromatic carbocycles. The van der Waals surface area contributed by atoms with Crippen LogP contribution in [-0.4, -0.2) is 65.2 Å². The van der Waals surface area contributed by atoms with Gasteiger partial charge in [0.05, 0.1) is 17.8 Å². The van der Waals surface area contributed by atoms with Crippen molar-refractivity contribution in [3.8, 4) is 0 Å². The Hall–Kier alpha value is -1.40. The van der Waals surface area contributed by atoms with E-state index in [1.807, 2.05) is 18.9 Å². The van der Waals surface area contributed by atoms with Crippen molar-refractivity contribution in [2.75, 3.05) is 33.2 Å². The number of hydrogen-bond donors (Lipinski definition) is 2. The Bertz CT molecular complexity index is 402. The first-order valence-corrected chi connectivity index (χ1v) is 5.83. The molecule has 1 saturated heterocycles. The van der Waals surface area contributed by atoms with Crippen LogP contribution in [0.4, 0.5) is 0 Å². The summed E-state index contributed by atoms with van der Waals surface area (Å²) in [7, 11) is 2.05. The highest BCUT2D eigenvalue weighted by molar-refractivity contribution is 5.95. The summed E-state index contributed by atoms with van der Waals surface area (Å²) in [5.74, 6) is 0.0276. The quantitative estimate of drug-likeness (QED) is 0.722. The van der Waals surface area contributed by atoms with Gasteiger partial charge in [0.25, 0.3) is 5.91 Å². The second-order valence-electron chi connectivity index (χ2n) is 4.56. The lowest BCUT2D eigenvalue weighted by Crippen LogP contribution is -2.56. The molecule has 1 atom stereocenters. The van der Waals surface area contributed by atoms with Crippen molar-refractivity contribution in [2.24, 2.45) is 5.73 Å². The molecule has 1 aromatic rings. The molecule has 0 saturated carbocycles. The number of carbonyl (C=O) groups is 1. The lowest BCUT2D eigenvalue weighted by Gasteiger charge is -2.39. The predicted octanol–water partition coefficient (Wildman–Crippen LogP) is -0.567. The maximum atomic E-state index is 12.3. The monoisotopic (exact) mass is 237 g/mol. The molecule has 2 rings (SSSR count). The number of rotatable bonds is 2. The van der Waals surface area contributed by atoms with Gasteiger partial charge in [-0.3, -0.25) is 9.89 Å². The number of amides is 1. The molecule has 0 spiro atoms. The zero-order valence-electron chi connectivity index (χ0n) is 10.3. The Labute approximate surface area is 101 Å². The third kappa shape index (κ3) is 2.32. The fourth-order valence-electron chi connectivity index (χ4n) is 2.20. The van der Waals surface area contributed by atoms with Crippen molar-refractivity contribution in [3.05, 3.63) is 17.5 Å². The number of piperazine rings is 1. The molecule has 94 valence electrons. The molecule has 1 unspecified atom stereocenters. The van der Waals surface area contributed by atoms with E-state index in [1.165, 1.54) is 0 Å². The molecular weight excluding hydrogens is 218 g/mol. The molecule has 6 heteroatoms. The summed E-state index contributed by atoms with van der Waals surface area (Å²) in [6, 6.07) is 0.0931. The molecule has 3 N–H and O–H groups in total. The molecule has 0 bridgehead atoms. The van der Waals surface area contributed by atoms with Gasteiger partial charge >= 0.3 is 0 Å². The van der Waals surface area contributed by atoms with Gasteiger partial charge in [-0.25, -0.2) is 0 Å². The van der Waals surface area contributed by atoms with E-state index in [0.717, 1.165) is 25.3 Å². The van der Waals surface area contributed by atoms with Crippen LogP contribution in [0.25, 0.3) is 0 Å². The van der Waals surface area contributed by atoms with Crippen molar-refractivity contribution in [1.29, 1.82) is 0 Å². The maximum Gasteiger partial charge on any atom is 0.257 e. The van der Waals surface area contributed by atoms with E-state index in [-0.39, 0.29) is 11.9 Å². The number of hydrogen-bond acceptors (Lipinski definition) is 4. The average molecular weight is 237 g/mol. The van der Waals surface area contributed by atoms with Crippen LogP contribution >= 0.6 is 0 Å². The number of nitrogens with two attached hydrogens (primary N) is 1. The molecule has 1 fully saturated rings. The number of aryl methyl sites for hydroxylation is 1. The van der Waals surface area contributed by atoms with Gasteiger partial charge < -0.3 is 15.5 Å². The third-order valence-corrected chi connectivity index (χ3v) is 3.28. The van der Waals surface area contributed by atoms with E-state index in [2.05, 4.69) is 15.1 Å². The minimum atomic E-state index is 0.0276. The number of H-pyrrole nitrogens is 1. The third-order valence-electron chi connectivity index (χ3n) is 3.28. The van der Waals surface area contributed by atoms with Crippen LogP contribution in [-0.2, 0) is 0 Å². The first-order valence-electron chi connectivity index (χ1n) is 5.83. The minimum absolute atomic E-state index is 0.0276. The summed E-state index contributed by atoms with van der Waals surface area (Å²) in [4.78, 5) is 16.4. The van der Waals surface area contributed by atoms with Crippen LogP contribution < -0.4 is 5.73 Å². The molecular formula is C11H19N5O. The van der Waals surface area contributed by atoms with E-state index >= 15 is 0 Å². The largest absolute Gasteiger partial charge is 0.332 e. The number of likely N-dealkylation sites (N-methyl/N-ethyl adjacent to an activating group) is 1. The number of aromatic amines is 1. The molecule has 1 aliphatic rings. The Morgan fingerprint density at radius 3 is 3.00 bits per heavy atom. The number of carbonyl (C=O) groups excluding carboxylic acids is 1. The number of nitrogens with zero attached hydrogens (tertiary/aromatic N) is 3. The van der Waals surface area contributed by atoms with Gasteiger partial charge in [-0.05, 0) is 14.0 Å². The number of nitrogens with one attached hydrogen (secondary N) is 1. The van der Waals surface area contributed by atoms with E-state index in [0.29, 0.717) is 12.1 Å². The van der Waals surface area contributed by atoms with Gasteiger partial charge in [-0.1, -0.05) is 0 Å². The smallest absolute Gasteiger partial charge is 0.257 e. The maximum absolute atomic E-state index is 12.3. The molecule has 6 nitrogen and oxygen atoms in total. The van der Waals surface area contributed by atoms with E-state index in [4.69, 9.17) is 5.73 Å². The first-order chi connectivity index (χ1) is 8.13. The Balaban J connectivity index is 2.16. The van der Waals surface area contributed by atoms with Crippen LogP contribution in [0.1, 0.15) is 16.1 Å². The van der Waals surface area contributed by atoms with Crippen LogP contribution in [0, 0.1) is 6.92 Å². The lowest BCUT2D eigenvalue weighted by molar-refractivity contribution is 0.0515. The molecule has 17 heavy (non-hydrogen) atoms. The van der Waals surface area contributed by atoms with E-state index in [9.17, 15) is 4.79 Å². The Morgan fingerprint density at radius 2 is 2.41 bits per heavy atom. The van der Waals surface area contributed by atoms with E-state index in [1.54, 1.807) is 6.20 Å². The van der Waals surface area contributed by atoms with Crippen LogP contribution in [0.2, 0.25) is 0 Å². The van der Waals surface area contributed by atoms with Gasteiger partial charge in [0, 0.05) is 31.9 Å². The summed E-state index contributed by atoms with van der Waals surface area (Å²) in [5.41, 5.74) is 7.20. The van der Waals surface area contributed by atoms with Crippen LogP contribution in [0.3, 0.4) is 0 Å². The summed E-state index contributed by atoms with van der Waals surface area (Å²) < 4.78 is 0. The minimum Gasteiger partial charge on any atom is -0.332 e. The predicted molar refractivity (Wildman–Crippen MR) is 64.7 cm³/mol. The van der Waals surface area contributed by atoms with Gasteiger partial charge in [0.2, 0.25) is 0 Å². The average Bonchev–Trinajstić information content (AvgIpc) is 2.74. The van der Waals surface area contributed by atoms with Gasteiger partial charge in [0.1, 0.15) is 0 Å². The molecule has 2 heterocycles. The Kier molecular flexibility index (Phi) is 3.44. The highest BCUT2D eigenvalue weighted by atomic mass is 16.2. The summed E-state index contributed by atoms with van der Waals surface area (Å²) in [5, 5.41) is 6.68.